The van der Waals surface area contributed by atoms with Gasteiger partial charge in [-0.15, -0.1) is 0 Å². The monoisotopic (exact) mass is 241 g/mol. The summed E-state index contributed by atoms with van der Waals surface area (Å²) in [7, 11) is 0. The highest BCUT2D eigenvalue weighted by molar-refractivity contribution is 6.30. The molecule has 1 atom stereocenters. The van der Waals surface area contributed by atoms with Crippen LogP contribution in [0.3, 0.4) is 0 Å². The predicted octanol–water partition coefficient (Wildman–Crippen LogP) is 2.33. The van der Waals surface area contributed by atoms with Crippen molar-refractivity contribution in [3.8, 4) is 0 Å². The van der Waals surface area contributed by atoms with Gasteiger partial charge in [0.2, 0.25) is 0 Å². The first-order valence-corrected chi connectivity index (χ1v) is 5.60. The molecule has 16 heavy (non-hydrogen) atoms. The van der Waals surface area contributed by atoms with Crippen molar-refractivity contribution in [2.24, 2.45) is 0 Å². The van der Waals surface area contributed by atoms with Crippen molar-refractivity contribution < 1.29 is 9.90 Å². The number of nitrogens with one attached hydrogen (secondary N) is 1. The second-order valence-electron chi connectivity index (χ2n) is 4.05. The summed E-state index contributed by atoms with van der Waals surface area (Å²) in [5.41, 5.74) is 0.924. The summed E-state index contributed by atoms with van der Waals surface area (Å²) in [6.45, 7) is 3.85. The molecule has 1 aromatic rings. The van der Waals surface area contributed by atoms with Crippen LogP contribution in [0.5, 0.6) is 0 Å². The van der Waals surface area contributed by atoms with E-state index in [9.17, 15) is 4.79 Å². The molecule has 0 aliphatic heterocycles. The number of carbonyl (C=O) groups is 1. The van der Waals surface area contributed by atoms with E-state index in [4.69, 9.17) is 16.7 Å². The highest BCUT2D eigenvalue weighted by Crippen LogP contribution is 2.12. The van der Waals surface area contributed by atoms with Gasteiger partial charge < -0.3 is 10.4 Å². The molecule has 0 bridgehead atoms. The average Bonchev–Trinajstić information content (AvgIpc) is 2.15. The van der Waals surface area contributed by atoms with Crippen molar-refractivity contribution in [1.29, 1.82) is 0 Å². The van der Waals surface area contributed by atoms with Crippen LogP contribution in [0.2, 0.25) is 5.02 Å². The van der Waals surface area contributed by atoms with Gasteiger partial charge >= 0.3 is 5.97 Å². The third-order valence-electron chi connectivity index (χ3n) is 2.16. The van der Waals surface area contributed by atoms with Crippen molar-refractivity contribution in [2.45, 2.75) is 32.4 Å². The fourth-order valence-electron chi connectivity index (χ4n) is 1.52. The molecule has 1 rings (SSSR count). The van der Waals surface area contributed by atoms with Gasteiger partial charge in [-0.3, -0.25) is 4.79 Å². The maximum atomic E-state index is 11.0. The molecule has 2 N–H and O–H groups in total. The van der Waals surface area contributed by atoms with E-state index < -0.39 is 12.0 Å². The summed E-state index contributed by atoms with van der Waals surface area (Å²) in [6.07, 6.45) is 0.439. The summed E-state index contributed by atoms with van der Waals surface area (Å²) < 4.78 is 0. The van der Waals surface area contributed by atoms with E-state index >= 15 is 0 Å². The SMILES string of the molecule is CC(C)N[C@@H](Cc1cccc(Cl)c1)C(=O)O. The Hall–Kier alpha value is -1.06. The number of carboxylic acids is 1. The summed E-state index contributed by atoms with van der Waals surface area (Å²) >= 11 is 5.85. The first kappa shape index (κ1) is 13.0. The van der Waals surface area contributed by atoms with Crippen LogP contribution in [0, 0.1) is 0 Å². The van der Waals surface area contributed by atoms with E-state index in [0.717, 1.165) is 5.56 Å². The zero-order valence-corrected chi connectivity index (χ0v) is 10.2. The van der Waals surface area contributed by atoms with E-state index in [1.165, 1.54) is 0 Å². The van der Waals surface area contributed by atoms with Crippen molar-refractivity contribution in [2.75, 3.05) is 0 Å². The first-order valence-electron chi connectivity index (χ1n) is 5.22. The second kappa shape index (κ2) is 5.87. The lowest BCUT2D eigenvalue weighted by Crippen LogP contribution is -2.42. The molecule has 0 heterocycles. The third-order valence-corrected chi connectivity index (χ3v) is 2.40. The Morgan fingerprint density at radius 2 is 2.19 bits per heavy atom. The highest BCUT2D eigenvalue weighted by atomic mass is 35.5. The summed E-state index contributed by atoms with van der Waals surface area (Å²) in [6, 6.07) is 6.84. The van der Waals surface area contributed by atoms with E-state index in [1.54, 1.807) is 12.1 Å². The number of rotatable bonds is 5. The summed E-state index contributed by atoms with van der Waals surface area (Å²) in [5, 5.41) is 12.7. The van der Waals surface area contributed by atoms with Crippen molar-refractivity contribution >= 4 is 17.6 Å². The van der Waals surface area contributed by atoms with Gasteiger partial charge in [0.05, 0.1) is 0 Å². The van der Waals surface area contributed by atoms with Crippen molar-refractivity contribution in [1.82, 2.24) is 5.32 Å². The smallest absolute Gasteiger partial charge is 0.321 e. The van der Waals surface area contributed by atoms with Gasteiger partial charge in [-0.05, 0) is 24.1 Å². The predicted molar refractivity (Wildman–Crippen MR) is 64.9 cm³/mol. The molecule has 3 nitrogen and oxygen atoms in total. The number of carboxylic acid groups (broad SMARTS) is 1. The highest BCUT2D eigenvalue weighted by Gasteiger charge is 2.18. The zero-order chi connectivity index (χ0) is 12.1. The summed E-state index contributed by atoms with van der Waals surface area (Å²) in [5.74, 6) is -0.839. The normalized spacial score (nSPS) is 12.8. The van der Waals surface area contributed by atoms with Crippen LogP contribution in [-0.4, -0.2) is 23.2 Å². The summed E-state index contributed by atoms with van der Waals surface area (Å²) in [4.78, 5) is 11.0. The van der Waals surface area contributed by atoms with E-state index in [2.05, 4.69) is 5.32 Å². The van der Waals surface area contributed by atoms with Gasteiger partial charge in [0, 0.05) is 11.1 Å². The van der Waals surface area contributed by atoms with Gasteiger partial charge in [0.25, 0.3) is 0 Å². The molecular formula is C12H16ClNO2. The Labute approximate surface area is 100 Å². The fraction of sp³-hybridized carbons (Fsp3) is 0.417. The first-order chi connectivity index (χ1) is 7.49. The molecule has 0 radical (unpaired) electrons. The van der Waals surface area contributed by atoms with Gasteiger partial charge in [-0.25, -0.2) is 0 Å². The van der Waals surface area contributed by atoms with E-state index in [-0.39, 0.29) is 6.04 Å². The Morgan fingerprint density at radius 1 is 1.50 bits per heavy atom. The van der Waals surface area contributed by atoms with Crippen LogP contribution in [0.25, 0.3) is 0 Å². The second-order valence-corrected chi connectivity index (χ2v) is 4.48. The van der Waals surface area contributed by atoms with Crippen LogP contribution in [0.4, 0.5) is 0 Å². The Balaban J connectivity index is 2.71. The number of hydrogen-bond acceptors (Lipinski definition) is 2. The molecule has 0 saturated heterocycles. The molecule has 0 amide bonds. The number of hydrogen-bond donors (Lipinski definition) is 2. The number of halogens is 1. The lowest BCUT2D eigenvalue weighted by molar-refractivity contribution is -0.139. The molecule has 0 unspecified atom stereocenters. The Kier molecular flexibility index (Phi) is 4.77. The fourth-order valence-corrected chi connectivity index (χ4v) is 1.73. The van der Waals surface area contributed by atoms with Crippen LogP contribution >= 0.6 is 11.6 Å². The lowest BCUT2D eigenvalue weighted by Gasteiger charge is -2.17. The molecule has 0 aliphatic rings. The van der Waals surface area contributed by atoms with Gasteiger partial charge in [-0.2, -0.15) is 0 Å². The zero-order valence-electron chi connectivity index (χ0n) is 9.40. The van der Waals surface area contributed by atoms with Crippen LogP contribution < -0.4 is 5.32 Å². The van der Waals surface area contributed by atoms with Crippen molar-refractivity contribution in [3.05, 3.63) is 34.9 Å². The quantitative estimate of drug-likeness (QED) is 0.832. The minimum absolute atomic E-state index is 0.139. The molecule has 0 saturated carbocycles. The van der Waals surface area contributed by atoms with Gasteiger partial charge in [0.15, 0.2) is 0 Å². The number of aliphatic carboxylic acids is 1. The molecule has 1 aromatic carbocycles. The molecule has 0 aliphatic carbocycles. The van der Waals surface area contributed by atoms with Gasteiger partial charge in [-0.1, -0.05) is 37.6 Å². The van der Waals surface area contributed by atoms with Gasteiger partial charge in [0.1, 0.15) is 6.04 Å². The molecule has 0 fully saturated rings. The third kappa shape index (κ3) is 4.21. The molecule has 88 valence electrons. The van der Waals surface area contributed by atoms with Crippen LogP contribution in [0.1, 0.15) is 19.4 Å². The maximum absolute atomic E-state index is 11.0. The van der Waals surface area contributed by atoms with E-state index in [0.29, 0.717) is 11.4 Å². The topological polar surface area (TPSA) is 49.3 Å². The molecule has 0 spiro atoms. The molecular weight excluding hydrogens is 226 g/mol. The average molecular weight is 242 g/mol. The van der Waals surface area contributed by atoms with Crippen molar-refractivity contribution in [3.63, 3.8) is 0 Å². The van der Waals surface area contributed by atoms with Crippen LogP contribution in [-0.2, 0) is 11.2 Å². The standard InChI is InChI=1S/C12H16ClNO2/c1-8(2)14-11(12(15)16)7-9-4-3-5-10(13)6-9/h3-6,8,11,14H,7H2,1-2H3,(H,15,16)/t11-/m0/s1. The molecule has 4 heteroatoms. The lowest BCUT2D eigenvalue weighted by atomic mass is 10.1. The Bertz CT molecular complexity index is 366. The maximum Gasteiger partial charge on any atom is 0.321 e. The largest absolute Gasteiger partial charge is 0.480 e. The minimum Gasteiger partial charge on any atom is -0.480 e. The van der Waals surface area contributed by atoms with E-state index in [1.807, 2.05) is 26.0 Å². The Morgan fingerprint density at radius 3 is 2.69 bits per heavy atom. The molecule has 0 aromatic heterocycles. The number of benzene rings is 1. The minimum atomic E-state index is -0.839. The van der Waals surface area contributed by atoms with Crippen LogP contribution in [0.15, 0.2) is 24.3 Å².